The Balaban J connectivity index is 1.70. The summed E-state index contributed by atoms with van der Waals surface area (Å²) in [6, 6.07) is 12.3. The molecule has 140 valence electrons. The normalized spacial score (nSPS) is 19.8. The number of carbonyl (C=O) groups is 1. The summed E-state index contributed by atoms with van der Waals surface area (Å²) in [5, 5.41) is 4.54. The van der Waals surface area contributed by atoms with E-state index in [1.54, 1.807) is 4.52 Å². The smallest absolute Gasteiger partial charge is 0.259 e. The van der Waals surface area contributed by atoms with Crippen LogP contribution in [0.4, 0.5) is 0 Å². The van der Waals surface area contributed by atoms with Crippen LogP contribution in [0.1, 0.15) is 38.9 Å². The third-order valence-electron chi connectivity index (χ3n) is 5.54. The van der Waals surface area contributed by atoms with Crippen molar-refractivity contribution in [2.45, 2.75) is 26.7 Å². The summed E-state index contributed by atoms with van der Waals surface area (Å²) < 4.78 is 1.76. The maximum absolute atomic E-state index is 13.4. The zero-order valence-electron chi connectivity index (χ0n) is 16.0. The van der Waals surface area contributed by atoms with Gasteiger partial charge in [-0.3, -0.25) is 4.79 Å². The first kappa shape index (κ1) is 17.7. The van der Waals surface area contributed by atoms with Gasteiger partial charge in [0.05, 0.1) is 5.69 Å². The molecule has 0 radical (unpaired) electrons. The number of nitrogens with two attached hydrogens (primary N) is 1. The van der Waals surface area contributed by atoms with Crippen molar-refractivity contribution in [2.24, 2.45) is 11.7 Å². The Labute approximate surface area is 159 Å². The lowest BCUT2D eigenvalue weighted by Gasteiger charge is -2.16. The van der Waals surface area contributed by atoms with Gasteiger partial charge in [-0.2, -0.15) is 5.10 Å². The number of hydrogen-bond acceptors (Lipinski definition) is 4. The van der Waals surface area contributed by atoms with Gasteiger partial charge in [-0.1, -0.05) is 30.3 Å². The fourth-order valence-corrected chi connectivity index (χ4v) is 4.19. The summed E-state index contributed by atoms with van der Waals surface area (Å²) in [4.78, 5) is 19.9. The molecular formula is C21H25N5O. The van der Waals surface area contributed by atoms with Gasteiger partial charge in [0.25, 0.3) is 5.91 Å². The highest BCUT2D eigenvalue weighted by atomic mass is 16.2. The van der Waals surface area contributed by atoms with Crippen LogP contribution in [0.2, 0.25) is 0 Å². The second kappa shape index (κ2) is 6.78. The van der Waals surface area contributed by atoms with Gasteiger partial charge in [-0.05, 0) is 44.9 Å². The highest BCUT2D eigenvalue weighted by molar-refractivity contribution is 6.01. The van der Waals surface area contributed by atoms with Gasteiger partial charge >= 0.3 is 0 Å². The van der Waals surface area contributed by atoms with Crippen molar-refractivity contribution in [3.8, 4) is 0 Å². The number of nitrogens with zero attached hydrogens (tertiary/aromatic N) is 4. The summed E-state index contributed by atoms with van der Waals surface area (Å²) in [5.74, 6) is 0.519. The maximum atomic E-state index is 13.4. The number of aromatic nitrogens is 3. The molecule has 1 aliphatic rings. The third kappa shape index (κ3) is 3.00. The Hall–Kier alpha value is -2.73. The molecule has 1 amide bonds. The standard InChI is InChI=1S/C21H25N5O/c1-13-9-14(2)26-20(23-13)19(15(3)24-26)21(27)25-11-17(10-22)18(12-25)16-7-5-4-6-8-16/h4-9,17-18H,10-12,22H2,1-3H3/t17-,18+/m1/s1. The Morgan fingerprint density at radius 3 is 2.63 bits per heavy atom. The molecule has 3 heterocycles. The van der Waals surface area contributed by atoms with E-state index in [0.29, 0.717) is 36.5 Å². The first-order valence-corrected chi connectivity index (χ1v) is 9.37. The molecule has 27 heavy (non-hydrogen) atoms. The van der Waals surface area contributed by atoms with Gasteiger partial charge < -0.3 is 10.6 Å². The van der Waals surface area contributed by atoms with Gasteiger partial charge in [0, 0.05) is 30.4 Å². The number of aryl methyl sites for hydroxylation is 3. The van der Waals surface area contributed by atoms with Crippen molar-refractivity contribution >= 4 is 11.6 Å². The number of benzene rings is 1. The fourth-order valence-electron chi connectivity index (χ4n) is 4.19. The van der Waals surface area contributed by atoms with Crippen molar-refractivity contribution in [2.75, 3.05) is 19.6 Å². The predicted octanol–water partition coefficient (Wildman–Crippen LogP) is 2.47. The zero-order chi connectivity index (χ0) is 19.1. The van der Waals surface area contributed by atoms with Crippen LogP contribution in [0.3, 0.4) is 0 Å². The summed E-state index contributed by atoms with van der Waals surface area (Å²) in [7, 11) is 0. The summed E-state index contributed by atoms with van der Waals surface area (Å²) >= 11 is 0. The fraction of sp³-hybridized carbons (Fsp3) is 0.381. The highest BCUT2D eigenvalue weighted by Crippen LogP contribution is 2.33. The van der Waals surface area contributed by atoms with Crippen LogP contribution in [0.5, 0.6) is 0 Å². The average molecular weight is 363 g/mol. The van der Waals surface area contributed by atoms with Crippen molar-refractivity contribution in [1.82, 2.24) is 19.5 Å². The lowest BCUT2D eigenvalue weighted by atomic mass is 9.89. The van der Waals surface area contributed by atoms with Gasteiger partial charge in [0.2, 0.25) is 0 Å². The molecule has 3 aromatic rings. The van der Waals surface area contributed by atoms with Crippen LogP contribution in [0, 0.1) is 26.7 Å². The van der Waals surface area contributed by atoms with Crippen LogP contribution in [-0.4, -0.2) is 45.0 Å². The van der Waals surface area contributed by atoms with Crippen molar-refractivity contribution < 1.29 is 4.79 Å². The number of fused-ring (bicyclic) bond motifs is 1. The minimum atomic E-state index is -0.00289. The quantitative estimate of drug-likeness (QED) is 0.775. The van der Waals surface area contributed by atoms with Crippen LogP contribution < -0.4 is 5.73 Å². The average Bonchev–Trinajstić information content (AvgIpc) is 3.23. The largest absolute Gasteiger partial charge is 0.337 e. The molecule has 2 atom stereocenters. The van der Waals surface area contributed by atoms with E-state index in [4.69, 9.17) is 5.73 Å². The number of hydrogen-bond donors (Lipinski definition) is 1. The minimum Gasteiger partial charge on any atom is -0.337 e. The highest BCUT2D eigenvalue weighted by Gasteiger charge is 2.37. The van der Waals surface area contributed by atoms with Crippen LogP contribution >= 0.6 is 0 Å². The molecule has 4 rings (SSSR count). The second-order valence-corrected chi connectivity index (χ2v) is 7.46. The van der Waals surface area contributed by atoms with E-state index in [1.807, 2.05) is 49.9 Å². The van der Waals surface area contributed by atoms with E-state index < -0.39 is 0 Å². The molecule has 0 saturated carbocycles. The first-order chi connectivity index (χ1) is 13.0. The molecule has 1 aliphatic heterocycles. The van der Waals surface area contributed by atoms with Gasteiger partial charge in [-0.15, -0.1) is 0 Å². The summed E-state index contributed by atoms with van der Waals surface area (Å²) in [5.41, 5.74) is 11.1. The molecule has 0 aliphatic carbocycles. The molecule has 0 unspecified atom stereocenters. The number of likely N-dealkylation sites (tertiary alicyclic amines) is 1. The maximum Gasteiger partial charge on any atom is 0.259 e. The molecule has 0 spiro atoms. The van der Waals surface area contributed by atoms with E-state index in [9.17, 15) is 4.79 Å². The van der Waals surface area contributed by atoms with Crippen LogP contribution in [0.15, 0.2) is 36.4 Å². The molecular weight excluding hydrogens is 338 g/mol. The molecule has 6 heteroatoms. The number of rotatable bonds is 3. The predicted molar refractivity (Wildman–Crippen MR) is 105 cm³/mol. The van der Waals surface area contributed by atoms with Crippen LogP contribution in [-0.2, 0) is 0 Å². The van der Waals surface area contributed by atoms with Gasteiger partial charge in [-0.25, -0.2) is 9.50 Å². The second-order valence-electron chi connectivity index (χ2n) is 7.46. The molecule has 1 fully saturated rings. The molecule has 2 N–H and O–H groups in total. The molecule has 2 aromatic heterocycles. The first-order valence-electron chi connectivity index (χ1n) is 9.37. The Kier molecular flexibility index (Phi) is 4.44. The van der Waals surface area contributed by atoms with Crippen molar-refractivity contribution in [3.05, 3.63) is 64.6 Å². The monoisotopic (exact) mass is 363 g/mol. The third-order valence-corrected chi connectivity index (χ3v) is 5.54. The molecule has 6 nitrogen and oxygen atoms in total. The molecule has 1 saturated heterocycles. The SMILES string of the molecule is Cc1cc(C)n2nc(C)c(C(=O)N3C[C@@H](CN)[C@H](c4ccccc4)C3)c2n1. The number of carbonyl (C=O) groups excluding carboxylic acids is 1. The van der Waals surface area contributed by atoms with Crippen molar-refractivity contribution in [3.63, 3.8) is 0 Å². The molecule has 0 bridgehead atoms. The Morgan fingerprint density at radius 1 is 1.19 bits per heavy atom. The lowest BCUT2D eigenvalue weighted by molar-refractivity contribution is 0.0787. The molecule has 1 aromatic carbocycles. The topological polar surface area (TPSA) is 76.5 Å². The van der Waals surface area contributed by atoms with E-state index in [1.165, 1.54) is 5.56 Å². The Morgan fingerprint density at radius 2 is 1.93 bits per heavy atom. The van der Waals surface area contributed by atoms with E-state index in [0.717, 1.165) is 11.4 Å². The van der Waals surface area contributed by atoms with Crippen molar-refractivity contribution in [1.29, 1.82) is 0 Å². The van der Waals surface area contributed by atoms with Gasteiger partial charge in [0.1, 0.15) is 5.56 Å². The number of amides is 1. The van der Waals surface area contributed by atoms with E-state index in [2.05, 4.69) is 22.2 Å². The zero-order valence-corrected chi connectivity index (χ0v) is 16.0. The van der Waals surface area contributed by atoms with Gasteiger partial charge in [0.15, 0.2) is 5.65 Å². The summed E-state index contributed by atoms with van der Waals surface area (Å²) in [6.07, 6.45) is 0. The van der Waals surface area contributed by atoms with E-state index in [-0.39, 0.29) is 17.7 Å². The summed E-state index contributed by atoms with van der Waals surface area (Å²) in [6.45, 7) is 7.70. The minimum absolute atomic E-state index is 0.00289. The van der Waals surface area contributed by atoms with E-state index >= 15 is 0 Å². The lowest BCUT2D eigenvalue weighted by Crippen LogP contribution is -2.30. The Bertz CT molecular complexity index is 995. The van der Waals surface area contributed by atoms with Crippen LogP contribution in [0.25, 0.3) is 5.65 Å².